The number of Topliss-reactive ketones (excluding diaryl/α,β-unsaturated/α-hetero) is 1. The van der Waals surface area contributed by atoms with Crippen molar-refractivity contribution < 1.29 is 9.53 Å². The summed E-state index contributed by atoms with van der Waals surface area (Å²) in [5, 5.41) is 0.652. The van der Waals surface area contributed by atoms with Crippen LogP contribution in [0.2, 0.25) is 5.02 Å². The van der Waals surface area contributed by atoms with Gasteiger partial charge in [-0.15, -0.1) is 0 Å². The van der Waals surface area contributed by atoms with Crippen LogP contribution in [0.4, 0.5) is 0 Å². The monoisotopic (exact) mass is 280 g/mol. The quantitative estimate of drug-likeness (QED) is 0.770. The molecule has 1 aliphatic carbocycles. The summed E-state index contributed by atoms with van der Waals surface area (Å²) in [4.78, 5) is 12.0. The lowest BCUT2D eigenvalue weighted by atomic mass is 9.97. The van der Waals surface area contributed by atoms with E-state index in [0.29, 0.717) is 17.9 Å². The molecule has 0 heterocycles. The Morgan fingerprint density at radius 1 is 1.37 bits per heavy atom. The van der Waals surface area contributed by atoms with Gasteiger partial charge in [-0.05, 0) is 30.5 Å². The predicted molar refractivity (Wildman–Crippen MR) is 77.9 cm³/mol. The van der Waals surface area contributed by atoms with Gasteiger partial charge in [0.15, 0.2) is 0 Å². The summed E-state index contributed by atoms with van der Waals surface area (Å²) in [6, 6.07) is 5.43. The molecule has 104 valence electrons. The predicted octanol–water partition coefficient (Wildman–Crippen LogP) is 4.43. The highest BCUT2D eigenvalue weighted by Gasteiger charge is 2.17. The number of halogens is 1. The first kappa shape index (κ1) is 14.4. The molecule has 1 aromatic carbocycles. The maximum atomic E-state index is 12.0. The topological polar surface area (TPSA) is 26.3 Å². The Kier molecular flexibility index (Phi) is 5.26. The first-order valence-electron chi connectivity index (χ1n) is 7.03. The van der Waals surface area contributed by atoms with Crippen molar-refractivity contribution in [3.05, 3.63) is 28.8 Å². The van der Waals surface area contributed by atoms with Crippen molar-refractivity contribution in [2.45, 2.75) is 44.9 Å². The third kappa shape index (κ3) is 4.24. The SMILES string of the molecule is COc1ccc(Cl)cc1CC(=O)CCC1CCCC1. The summed E-state index contributed by atoms with van der Waals surface area (Å²) in [6.45, 7) is 0. The van der Waals surface area contributed by atoms with Crippen molar-refractivity contribution in [2.24, 2.45) is 5.92 Å². The lowest BCUT2D eigenvalue weighted by Gasteiger charge is -2.10. The number of methoxy groups -OCH3 is 1. The Morgan fingerprint density at radius 3 is 2.79 bits per heavy atom. The minimum atomic E-state index is 0.285. The second kappa shape index (κ2) is 6.95. The van der Waals surface area contributed by atoms with Crippen LogP contribution in [0.25, 0.3) is 0 Å². The van der Waals surface area contributed by atoms with E-state index in [4.69, 9.17) is 16.3 Å². The van der Waals surface area contributed by atoms with E-state index in [1.165, 1.54) is 25.7 Å². The molecule has 2 nitrogen and oxygen atoms in total. The van der Waals surface area contributed by atoms with Gasteiger partial charge >= 0.3 is 0 Å². The molecule has 0 radical (unpaired) electrons. The smallest absolute Gasteiger partial charge is 0.137 e. The van der Waals surface area contributed by atoms with Gasteiger partial charge in [0.2, 0.25) is 0 Å². The fourth-order valence-corrected chi connectivity index (χ4v) is 3.04. The van der Waals surface area contributed by atoms with Gasteiger partial charge in [-0.25, -0.2) is 0 Å². The lowest BCUT2D eigenvalue weighted by Crippen LogP contribution is -2.06. The molecule has 1 saturated carbocycles. The Labute approximate surface area is 120 Å². The van der Waals surface area contributed by atoms with E-state index in [-0.39, 0.29) is 5.78 Å². The molecule has 0 bridgehead atoms. The van der Waals surface area contributed by atoms with E-state index in [2.05, 4.69) is 0 Å². The zero-order valence-electron chi connectivity index (χ0n) is 11.5. The van der Waals surface area contributed by atoms with E-state index in [9.17, 15) is 4.79 Å². The molecule has 3 heteroatoms. The van der Waals surface area contributed by atoms with Crippen LogP contribution >= 0.6 is 11.6 Å². The van der Waals surface area contributed by atoms with Crippen LogP contribution in [-0.4, -0.2) is 12.9 Å². The summed E-state index contributed by atoms with van der Waals surface area (Å²) in [7, 11) is 1.62. The zero-order chi connectivity index (χ0) is 13.7. The molecule has 2 rings (SSSR count). The second-order valence-electron chi connectivity index (χ2n) is 5.36. The summed E-state index contributed by atoms with van der Waals surface area (Å²) in [5.41, 5.74) is 0.895. The lowest BCUT2D eigenvalue weighted by molar-refractivity contribution is -0.118. The molecule has 0 aliphatic heterocycles. The van der Waals surface area contributed by atoms with Crippen LogP contribution in [-0.2, 0) is 11.2 Å². The molecule has 1 fully saturated rings. The maximum Gasteiger partial charge on any atom is 0.137 e. The summed E-state index contributed by atoms with van der Waals surface area (Å²) >= 11 is 5.97. The van der Waals surface area contributed by atoms with Gasteiger partial charge in [0.25, 0.3) is 0 Å². The van der Waals surface area contributed by atoms with E-state index in [1.54, 1.807) is 13.2 Å². The van der Waals surface area contributed by atoms with Crippen molar-refractivity contribution in [3.63, 3.8) is 0 Å². The van der Waals surface area contributed by atoms with Crippen LogP contribution in [0.5, 0.6) is 5.75 Å². The van der Waals surface area contributed by atoms with Crippen LogP contribution in [0.15, 0.2) is 18.2 Å². The van der Waals surface area contributed by atoms with Gasteiger partial charge in [0.05, 0.1) is 7.11 Å². The molecule has 19 heavy (non-hydrogen) atoms. The first-order valence-corrected chi connectivity index (χ1v) is 7.41. The van der Waals surface area contributed by atoms with Crippen molar-refractivity contribution in [1.82, 2.24) is 0 Å². The molecule has 0 atom stereocenters. The van der Waals surface area contributed by atoms with E-state index in [1.807, 2.05) is 12.1 Å². The van der Waals surface area contributed by atoms with Gasteiger partial charge in [-0.1, -0.05) is 37.3 Å². The minimum absolute atomic E-state index is 0.285. The van der Waals surface area contributed by atoms with Crippen molar-refractivity contribution >= 4 is 17.4 Å². The molecular weight excluding hydrogens is 260 g/mol. The summed E-state index contributed by atoms with van der Waals surface area (Å²) in [6.07, 6.45) is 7.42. The molecule has 0 amide bonds. The third-order valence-electron chi connectivity index (χ3n) is 3.94. The minimum Gasteiger partial charge on any atom is -0.496 e. The third-order valence-corrected chi connectivity index (χ3v) is 4.17. The number of carbonyl (C=O) groups excluding carboxylic acids is 1. The van der Waals surface area contributed by atoms with Crippen molar-refractivity contribution in [1.29, 1.82) is 0 Å². The average molecular weight is 281 g/mol. The number of hydrogen-bond donors (Lipinski definition) is 0. The Morgan fingerprint density at radius 2 is 2.11 bits per heavy atom. The molecule has 0 spiro atoms. The molecule has 0 unspecified atom stereocenters. The van der Waals surface area contributed by atoms with Crippen molar-refractivity contribution in [2.75, 3.05) is 7.11 Å². The maximum absolute atomic E-state index is 12.0. The van der Waals surface area contributed by atoms with Crippen LogP contribution in [0.1, 0.15) is 44.1 Å². The van der Waals surface area contributed by atoms with Gasteiger partial charge in [0, 0.05) is 23.4 Å². The van der Waals surface area contributed by atoms with Crippen LogP contribution in [0.3, 0.4) is 0 Å². The summed E-state index contributed by atoms with van der Waals surface area (Å²) in [5.74, 6) is 1.80. The fourth-order valence-electron chi connectivity index (χ4n) is 2.85. The summed E-state index contributed by atoms with van der Waals surface area (Å²) < 4.78 is 5.27. The van der Waals surface area contributed by atoms with Crippen molar-refractivity contribution in [3.8, 4) is 5.75 Å². The van der Waals surface area contributed by atoms with Gasteiger partial charge in [-0.2, -0.15) is 0 Å². The number of benzene rings is 1. The first-order chi connectivity index (χ1) is 9.19. The number of ketones is 1. The average Bonchev–Trinajstić information content (AvgIpc) is 2.90. The molecule has 0 saturated heterocycles. The standard InChI is InChI=1S/C16H21ClO2/c1-19-16-9-7-14(17)10-13(16)11-15(18)8-6-12-4-2-3-5-12/h7,9-10,12H,2-6,8,11H2,1H3. The second-order valence-corrected chi connectivity index (χ2v) is 5.80. The molecule has 0 aromatic heterocycles. The zero-order valence-corrected chi connectivity index (χ0v) is 12.2. The molecular formula is C16H21ClO2. The Balaban J connectivity index is 1.88. The van der Waals surface area contributed by atoms with Crippen LogP contribution < -0.4 is 4.74 Å². The largest absolute Gasteiger partial charge is 0.496 e. The van der Waals surface area contributed by atoms with Gasteiger partial charge in [0.1, 0.15) is 11.5 Å². The fraction of sp³-hybridized carbons (Fsp3) is 0.562. The van der Waals surface area contributed by atoms with Gasteiger partial charge < -0.3 is 4.74 Å². The van der Waals surface area contributed by atoms with E-state index < -0.39 is 0 Å². The number of ether oxygens (including phenoxy) is 1. The Bertz CT molecular complexity index is 436. The number of carbonyl (C=O) groups is 1. The van der Waals surface area contributed by atoms with Gasteiger partial charge in [-0.3, -0.25) is 4.79 Å². The molecule has 0 N–H and O–H groups in total. The number of hydrogen-bond acceptors (Lipinski definition) is 2. The highest BCUT2D eigenvalue weighted by molar-refractivity contribution is 6.30. The Hall–Kier alpha value is -1.02. The molecule has 1 aliphatic rings. The number of rotatable bonds is 6. The highest BCUT2D eigenvalue weighted by atomic mass is 35.5. The van der Waals surface area contributed by atoms with Crippen LogP contribution in [0, 0.1) is 5.92 Å². The molecule has 1 aromatic rings. The highest BCUT2D eigenvalue weighted by Crippen LogP contribution is 2.29. The normalized spacial score (nSPS) is 15.7. The van der Waals surface area contributed by atoms with E-state index >= 15 is 0 Å². The van der Waals surface area contributed by atoms with E-state index in [0.717, 1.165) is 23.7 Å².